The molecule has 0 aromatic heterocycles. The van der Waals surface area contributed by atoms with E-state index in [1.807, 2.05) is 0 Å². The third-order valence-corrected chi connectivity index (χ3v) is 2.49. The van der Waals surface area contributed by atoms with Gasteiger partial charge in [0.1, 0.15) is 0 Å². The number of hydrogen-bond acceptors (Lipinski definition) is 2. The van der Waals surface area contributed by atoms with Crippen LogP contribution in [0, 0.1) is 28.6 Å². The van der Waals surface area contributed by atoms with E-state index in [0.29, 0.717) is 11.8 Å². The number of nitrogens with zero attached hydrogens (tertiary/aromatic N) is 1. The molecule has 2 atom stereocenters. The van der Waals surface area contributed by atoms with Crippen molar-refractivity contribution in [3.63, 3.8) is 0 Å². The van der Waals surface area contributed by atoms with Crippen molar-refractivity contribution in [1.82, 2.24) is 0 Å². The minimum atomic E-state index is -0.357. The van der Waals surface area contributed by atoms with Gasteiger partial charge in [0.15, 0.2) is 0 Å². The van der Waals surface area contributed by atoms with Crippen molar-refractivity contribution in [1.29, 1.82) is 5.26 Å². The Balaban J connectivity index is 2.40. The first-order valence-corrected chi connectivity index (χ1v) is 4.17. The third-order valence-electron chi connectivity index (χ3n) is 2.49. The first-order valence-electron chi connectivity index (χ1n) is 4.17. The number of nitriles is 1. The van der Waals surface area contributed by atoms with E-state index in [1.165, 1.54) is 0 Å². The molecule has 0 bridgehead atoms. The second-order valence-electron chi connectivity index (χ2n) is 3.96. The standard InChI is InChI=1S/C9H15NO/c1-7(2)3-8-4-9(8,5-10)6-11/h7-8,11H,3-4,6H2,1-2H3/t8-,9-/m0/s1. The lowest BCUT2D eigenvalue weighted by molar-refractivity contribution is 0.230. The topological polar surface area (TPSA) is 44.0 Å². The molecular formula is C9H15NO. The largest absolute Gasteiger partial charge is 0.395 e. The summed E-state index contributed by atoms with van der Waals surface area (Å²) >= 11 is 0. The van der Waals surface area contributed by atoms with Gasteiger partial charge in [-0.1, -0.05) is 13.8 Å². The number of aliphatic hydroxyl groups is 1. The second-order valence-corrected chi connectivity index (χ2v) is 3.96. The maximum atomic E-state index is 8.92. The van der Waals surface area contributed by atoms with E-state index in [0.717, 1.165) is 12.8 Å². The molecule has 62 valence electrons. The van der Waals surface area contributed by atoms with Crippen molar-refractivity contribution in [3.8, 4) is 6.07 Å². The van der Waals surface area contributed by atoms with E-state index in [4.69, 9.17) is 10.4 Å². The zero-order valence-corrected chi connectivity index (χ0v) is 7.17. The highest BCUT2D eigenvalue weighted by Crippen LogP contribution is 2.54. The van der Waals surface area contributed by atoms with Gasteiger partial charge in [0.05, 0.1) is 18.1 Å². The summed E-state index contributed by atoms with van der Waals surface area (Å²) in [5.41, 5.74) is -0.357. The molecule has 0 heterocycles. The summed E-state index contributed by atoms with van der Waals surface area (Å²) in [5.74, 6) is 1.10. The van der Waals surface area contributed by atoms with Crippen LogP contribution >= 0.6 is 0 Å². The fourth-order valence-corrected chi connectivity index (χ4v) is 1.62. The van der Waals surface area contributed by atoms with Gasteiger partial charge in [-0.15, -0.1) is 0 Å². The average molecular weight is 153 g/mol. The second kappa shape index (κ2) is 2.83. The molecule has 0 radical (unpaired) electrons. The Morgan fingerprint density at radius 1 is 1.73 bits per heavy atom. The zero-order chi connectivity index (χ0) is 8.48. The molecule has 1 aliphatic carbocycles. The molecule has 1 rings (SSSR count). The van der Waals surface area contributed by atoms with Crippen molar-refractivity contribution in [2.75, 3.05) is 6.61 Å². The van der Waals surface area contributed by atoms with E-state index in [-0.39, 0.29) is 12.0 Å². The number of aliphatic hydroxyl groups excluding tert-OH is 1. The molecule has 0 unspecified atom stereocenters. The Labute approximate surface area is 67.8 Å². The summed E-state index contributed by atoms with van der Waals surface area (Å²) in [7, 11) is 0. The fourth-order valence-electron chi connectivity index (χ4n) is 1.62. The minimum Gasteiger partial charge on any atom is -0.395 e. The number of rotatable bonds is 3. The summed E-state index contributed by atoms with van der Waals surface area (Å²) in [5, 5.41) is 17.6. The summed E-state index contributed by atoms with van der Waals surface area (Å²) in [6.07, 6.45) is 1.98. The highest BCUT2D eigenvalue weighted by Gasteiger charge is 2.54. The van der Waals surface area contributed by atoms with Crippen molar-refractivity contribution < 1.29 is 5.11 Å². The highest BCUT2D eigenvalue weighted by atomic mass is 16.3. The van der Waals surface area contributed by atoms with E-state index in [2.05, 4.69) is 19.9 Å². The Kier molecular flexibility index (Phi) is 2.20. The van der Waals surface area contributed by atoms with E-state index < -0.39 is 0 Å². The van der Waals surface area contributed by atoms with Crippen LogP contribution in [0.1, 0.15) is 26.7 Å². The van der Waals surface area contributed by atoms with Gasteiger partial charge in [0, 0.05) is 0 Å². The highest BCUT2D eigenvalue weighted by molar-refractivity contribution is 5.15. The lowest BCUT2D eigenvalue weighted by atomic mass is 10.00. The van der Waals surface area contributed by atoms with Crippen LogP contribution in [0.5, 0.6) is 0 Å². The van der Waals surface area contributed by atoms with Crippen LogP contribution < -0.4 is 0 Å². The molecule has 1 aliphatic rings. The van der Waals surface area contributed by atoms with Crippen molar-refractivity contribution in [2.24, 2.45) is 17.3 Å². The quantitative estimate of drug-likeness (QED) is 0.668. The molecule has 0 amide bonds. The Bertz CT molecular complexity index is 182. The van der Waals surface area contributed by atoms with Crippen LogP contribution in [0.3, 0.4) is 0 Å². The minimum absolute atomic E-state index is 0.0425. The van der Waals surface area contributed by atoms with Gasteiger partial charge in [-0.25, -0.2) is 0 Å². The molecule has 1 fully saturated rings. The maximum absolute atomic E-state index is 8.92. The molecule has 0 saturated heterocycles. The number of hydrogen-bond donors (Lipinski definition) is 1. The first-order chi connectivity index (χ1) is 5.14. The Morgan fingerprint density at radius 3 is 2.64 bits per heavy atom. The van der Waals surface area contributed by atoms with Crippen LogP contribution in [-0.4, -0.2) is 11.7 Å². The van der Waals surface area contributed by atoms with Crippen LogP contribution in [0.25, 0.3) is 0 Å². The predicted molar refractivity (Wildman–Crippen MR) is 42.7 cm³/mol. The molecular weight excluding hydrogens is 138 g/mol. The molecule has 0 spiro atoms. The van der Waals surface area contributed by atoms with Crippen molar-refractivity contribution >= 4 is 0 Å². The zero-order valence-electron chi connectivity index (χ0n) is 7.17. The van der Waals surface area contributed by atoms with Gasteiger partial charge >= 0.3 is 0 Å². The van der Waals surface area contributed by atoms with Crippen LogP contribution in [0.15, 0.2) is 0 Å². The average Bonchev–Trinajstić information content (AvgIpc) is 2.63. The summed E-state index contributed by atoms with van der Waals surface area (Å²) < 4.78 is 0. The van der Waals surface area contributed by atoms with Gasteiger partial charge in [-0.3, -0.25) is 0 Å². The summed E-state index contributed by atoms with van der Waals surface area (Å²) in [4.78, 5) is 0. The molecule has 0 aromatic rings. The molecule has 1 N–H and O–H groups in total. The monoisotopic (exact) mass is 153 g/mol. The van der Waals surface area contributed by atoms with Gasteiger partial charge in [0.2, 0.25) is 0 Å². The van der Waals surface area contributed by atoms with Crippen LogP contribution in [0.2, 0.25) is 0 Å². The molecule has 1 saturated carbocycles. The van der Waals surface area contributed by atoms with Crippen LogP contribution in [-0.2, 0) is 0 Å². The van der Waals surface area contributed by atoms with Gasteiger partial charge in [0.25, 0.3) is 0 Å². The molecule has 2 heteroatoms. The van der Waals surface area contributed by atoms with Gasteiger partial charge < -0.3 is 5.11 Å². The third kappa shape index (κ3) is 1.54. The van der Waals surface area contributed by atoms with E-state index in [9.17, 15) is 0 Å². The lowest BCUT2D eigenvalue weighted by Gasteiger charge is -2.05. The molecule has 0 aliphatic heterocycles. The van der Waals surface area contributed by atoms with Gasteiger partial charge in [-0.05, 0) is 24.7 Å². The van der Waals surface area contributed by atoms with Gasteiger partial charge in [-0.2, -0.15) is 5.26 Å². The molecule has 11 heavy (non-hydrogen) atoms. The normalized spacial score (nSPS) is 35.4. The predicted octanol–water partition coefficient (Wildman–Crippen LogP) is 1.55. The lowest BCUT2D eigenvalue weighted by Crippen LogP contribution is -2.07. The summed E-state index contributed by atoms with van der Waals surface area (Å²) in [6, 6.07) is 2.21. The molecule has 0 aromatic carbocycles. The Morgan fingerprint density at radius 2 is 2.36 bits per heavy atom. The van der Waals surface area contributed by atoms with Crippen LogP contribution in [0.4, 0.5) is 0 Å². The van der Waals surface area contributed by atoms with Crippen molar-refractivity contribution in [2.45, 2.75) is 26.7 Å². The molecule has 2 nitrogen and oxygen atoms in total. The maximum Gasteiger partial charge on any atom is 0.0836 e. The Hall–Kier alpha value is -0.550. The summed E-state index contributed by atoms with van der Waals surface area (Å²) in [6.45, 7) is 4.34. The SMILES string of the molecule is CC(C)C[C@H]1C[C@]1(C#N)CO. The first kappa shape index (κ1) is 8.55. The van der Waals surface area contributed by atoms with E-state index in [1.54, 1.807) is 0 Å². The van der Waals surface area contributed by atoms with Crippen molar-refractivity contribution in [3.05, 3.63) is 0 Å². The fraction of sp³-hybridized carbons (Fsp3) is 0.889. The smallest absolute Gasteiger partial charge is 0.0836 e. The van der Waals surface area contributed by atoms with E-state index >= 15 is 0 Å².